The molecule has 1 saturated heterocycles. The van der Waals surface area contributed by atoms with Crippen molar-refractivity contribution < 1.29 is 28.4 Å². The zero-order chi connectivity index (χ0) is 18.3. The Bertz CT molecular complexity index is 604. The van der Waals surface area contributed by atoms with Crippen LogP contribution in [0.3, 0.4) is 0 Å². The standard InChI is InChI=1S/C12H25BN4O6S/c1-11(5-9(11)14)16-24(22,23)17-6-8(3-2-4-13(20)21)12(15,7-17)10(18)19/h8-9,16,20-21H,2-7,14-15H2,1H3,(H,18,19)/t8-,9-,11-,12-/m0/s1. The quantitative estimate of drug-likeness (QED) is 0.251. The number of hydrogen-bond acceptors (Lipinski definition) is 7. The number of carboxylic acids is 1. The van der Waals surface area contributed by atoms with Crippen molar-refractivity contribution >= 4 is 23.3 Å². The average molecular weight is 364 g/mol. The lowest BCUT2D eigenvalue weighted by Gasteiger charge is -2.25. The summed E-state index contributed by atoms with van der Waals surface area (Å²) in [4.78, 5) is 11.6. The number of nitrogens with two attached hydrogens (primary N) is 2. The van der Waals surface area contributed by atoms with E-state index >= 15 is 0 Å². The Morgan fingerprint density at radius 2 is 2.04 bits per heavy atom. The second kappa shape index (κ2) is 6.52. The molecule has 0 aromatic heterocycles. The SMILES string of the molecule is C[C@]1(NS(=O)(=O)N2C[C@H](CCCB(O)O)[C@](N)(C(=O)O)C2)C[C@@H]1N. The topological polar surface area (TPSA) is 179 Å². The van der Waals surface area contributed by atoms with E-state index in [9.17, 15) is 18.3 Å². The van der Waals surface area contributed by atoms with Crippen molar-refractivity contribution in [2.75, 3.05) is 13.1 Å². The molecule has 1 saturated carbocycles. The van der Waals surface area contributed by atoms with E-state index in [0.29, 0.717) is 12.8 Å². The van der Waals surface area contributed by atoms with E-state index < -0.39 is 40.3 Å². The maximum atomic E-state index is 12.5. The van der Waals surface area contributed by atoms with Gasteiger partial charge in [-0.2, -0.15) is 17.4 Å². The molecule has 24 heavy (non-hydrogen) atoms. The second-order valence-corrected chi connectivity index (χ2v) is 8.75. The first-order chi connectivity index (χ1) is 10.9. The minimum absolute atomic E-state index is 0.0367. The highest BCUT2D eigenvalue weighted by Crippen LogP contribution is 2.36. The lowest BCUT2D eigenvalue weighted by atomic mass is 9.78. The van der Waals surface area contributed by atoms with Gasteiger partial charge in [0.1, 0.15) is 5.54 Å². The third-order valence-corrected chi connectivity index (χ3v) is 6.69. The first-order valence-electron chi connectivity index (χ1n) is 7.84. The summed E-state index contributed by atoms with van der Waals surface area (Å²) in [6.07, 6.45) is 1.20. The van der Waals surface area contributed by atoms with Crippen molar-refractivity contribution in [1.82, 2.24) is 9.03 Å². The molecule has 0 aromatic rings. The number of nitrogens with zero attached hydrogens (tertiary/aromatic N) is 1. The average Bonchev–Trinajstić information content (AvgIpc) is 2.84. The van der Waals surface area contributed by atoms with Crippen molar-refractivity contribution in [3.63, 3.8) is 0 Å². The maximum absolute atomic E-state index is 12.5. The first kappa shape index (κ1) is 19.6. The highest BCUT2D eigenvalue weighted by atomic mass is 32.2. The summed E-state index contributed by atoms with van der Waals surface area (Å²) in [7, 11) is -5.39. The van der Waals surface area contributed by atoms with Gasteiger partial charge >= 0.3 is 13.1 Å². The van der Waals surface area contributed by atoms with E-state index in [1.165, 1.54) is 0 Å². The molecule has 1 aliphatic heterocycles. The van der Waals surface area contributed by atoms with Gasteiger partial charge in [-0.05, 0) is 26.1 Å². The molecule has 2 rings (SSSR count). The highest BCUT2D eigenvalue weighted by molar-refractivity contribution is 7.87. The van der Waals surface area contributed by atoms with Crippen molar-refractivity contribution in [1.29, 1.82) is 0 Å². The van der Waals surface area contributed by atoms with Crippen molar-refractivity contribution in [2.45, 2.75) is 49.6 Å². The lowest BCUT2D eigenvalue weighted by molar-refractivity contribution is -0.144. The molecule has 138 valence electrons. The molecule has 10 nitrogen and oxygen atoms in total. The van der Waals surface area contributed by atoms with Gasteiger partial charge in [0.05, 0.1) is 0 Å². The first-order valence-corrected chi connectivity index (χ1v) is 9.28. The van der Waals surface area contributed by atoms with Crippen LogP contribution in [0.4, 0.5) is 0 Å². The molecule has 4 atom stereocenters. The normalized spacial score (nSPS) is 36.7. The maximum Gasteiger partial charge on any atom is 0.451 e. The molecule has 0 amide bonds. The number of aliphatic carboxylic acids is 1. The van der Waals surface area contributed by atoms with Crippen LogP contribution in [0.25, 0.3) is 0 Å². The monoisotopic (exact) mass is 364 g/mol. The van der Waals surface area contributed by atoms with E-state index in [2.05, 4.69) is 4.72 Å². The van der Waals surface area contributed by atoms with Crippen LogP contribution in [0.2, 0.25) is 6.32 Å². The van der Waals surface area contributed by atoms with Crippen molar-refractivity contribution in [3.8, 4) is 0 Å². The molecule has 8 N–H and O–H groups in total. The fraction of sp³-hybridized carbons (Fsp3) is 0.917. The van der Waals surface area contributed by atoms with Crippen LogP contribution in [0.5, 0.6) is 0 Å². The summed E-state index contributed by atoms with van der Waals surface area (Å²) >= 11 is 0. The molecule has 0 radical (unpaired) electrons. The van der Waals surface area contributed by atoms with E-state index in [1.807, 2.05) is 0 Å². The van der Waals surface area contributed by atoms with Crippen LogP contribution in [0.1, 0.15) is 26.2 Å². The van der Waals surface area contributed by atoms with Gasteiger partial charge < -0.3 is 26.6 Å². The molecule has 2 fully saturated rings. The predicted octanol–water partition coefficient (Wildman–Crippen LogP) is -2.72. The van der Waals surface area contributed by atoms with Crippen LogP contribution >= 0.6 is 0 Å². The Morgan fingerprint density at radius 1 is 1.46 bits per heavy atom. The predicted molar refractivity (Wildman–Crippen MR) is 86.9 cm³/mol. The molecular formula is C12H25BN4O6S. The molecular weight excluding hydrogens is 339 g/mol. The molecule has 1 aliphatic carbocycles. The van der Waals surface area contributed by atoms with E-state index in [-0.39, 0.29) is 31.9 Å². The molecule has 0 bridgehead atoms. The highest BCUT2D eigenvalue weighted by Gasteiger charge is 2.55. The lowest BCUT2D eigenvalue weighted by Crippen LogP contribution is -2.56. The smallest absolute Gasteiger partial charge is 0.451 e. The third kappa shape index (κ3) is 3.90. The molecule has 12 heteroatoms. The number of carboxylic acid groups (broad SMARTS) is 1. The Labute approximate surface area is 141 Å². The van der Waals surface area contributed by atoms with Crippen LogP contribution in [-0.2, 0) is 15.0 Å². The molecule has 2 aliphatic rings. The van der Waals surface area contributed by atoms with E-state index in [1.54, 1.807) is 6.92 Å². The van der Waals surface area contributed by atoms with Crippen molar-refractivity contribution in [3.05, 3.63) is 0 Å². The summed E-state index contributed by atoms with van der Waals surface area (Å²) < 4.78 is 28.6. The van der Waals surface area contributed by atoms with Crippen molar-refractivity contribution in [2.24, 2.45) is 17.4 Å². The van der Waals surface area contributed by atoms with Crippen LogP contribution in [-0.4, -0.2) is 71.2 Å². The number of rotatable bonds is 8. The van der Waals surface area contributed by atoms with Crippen LogP contribution in [0, 0.1) is 5.92 Å². The molecule has 0 unspecified atom stereocenters. The van der Waals surface area contributed by atoms with Gasteiger partial charge in [0, 0.05) is 30.6 Å². The van der Waals surface area contributed by atoms with Gasteiger partial charge in [0.25, 0.3) is 10.2 Å². The number of hydrogen-bond donors (Lipinski definition) is 6. The van der Waals surface area contributed by atoms with Gasteiger partial charge in [0.15, 0.2) is 0 Å². The second-order valence-electron chi connectivity index (χ2n) is 7.08. The fourth-order valence-corrected chi connectivity index (χ4v) is 4.80. The van der Waals surface area contributed by atoms with Gasteiger partial charge in [-0.25, -0.2) is 0 Å². The minimum atomic E-state index is -3.91. The number of nitrogens with one attached hydrogen (secondary N) is 1. The van der Waals surface area contributed by atoms with Crippen LogP contribution < -0.4 is 16.2 Å². The summed E-state index contributed by atoms with van der Waals surface area (Å²) in [5.74, 6) is -1.89. The summed E-state index contributed by atoms with van der Waals surface area (Å²) in [6.45, 7) is 1.32. The Kier molecular flexibility index (Phi) is 5.32. The zero-order valence-electron chi connectivity index (χ0n) is 13.6. The Morgan fingerprint density at radius 3 is 2.50 bits per heavy atom. The van der Waals surface area contributed by atoms with E-state index in [0.717, 1.165) is 4.31 Å². The van der Waals surface area contributed by atoms with Gasteiger partial charge in [-0.15, -0.1) is 0 Å². The molecule has 0 aromatic carbocycles. The fourth-order valence-electron chi connectivity index (χ4n) is 3.09. The molecule has 1 heterocycles. The summed E-state index contributed by atoms with van der Waals surface area (Å²) in [5, 5.41) is 27.2. The summed E-state index contributed by atoms with van der Waals surface area (Å²) in [6, 6.07) is -0.265. The minimum Gasteiger partial charge on any atom is -0.480 e. The Hall–Kier alpha value is -0.755. The van der Waals surface area contributed by atoms with Gasteiger partial charge in [0.2, 0.25) is 0 Å². The third-order valence-electron chi connectivity index (χ3n) is 5.01. The molecule has 0 spiro atoms. The Balaban J connectivity index is 2.09. The van der Waals surface area contributed by atoms with Gasteiger partial charge in [-0.3, -0.25) is 4.79 Å². The number of carbonyl (C=O) groups is 1. The largest absolute Gasteiger partial charge is 0.480 e. The van der Waals surface area contributed by atoms with E-state index in [4.69, 9.17) is 21.5 Å². The van der Waals surface area contributed by atoms with Gasteiger partial charge in [-0.1, -0.05) is 6.42 Å². The summed E-state index contributed by atoms with van der Waals surface area (Å²) in [5.41, 5.74) is 9.27. The zero-order valence-corrected chi connectivity index (χ0v) is 14.4. The van der Waals surface area contributed by atoms with Crippen LogP contribution in [0.15, 0.2) is 0 Å².